The maximum absolute atomic E-state index is 11.6. The lowest BCUT2D eigenvalue weighted by molar-refractivity contribution is 0.0696. The summed E-state index contributed by atoms with van der Waals surface area (Å²) >= 11 is 1.36. The van der Waals surface area contributed by atoms with E-state index in [4.69, 9.17) is 0 Å². The molecule has 2 aromatic carbocycles. The third-order valence-corrected chi connectivity index (χ3v) is 4.47. The van der Waals surface area contributed by atoms with E-state index in [0.29, 0.717) is 11.4 Å². The fourth-order valence-corrected chi connectivity index (χ4v) is 3.02. The van der Waals surface area contributed by atoms with E-state index < -0.39 is 5.97 Å². The second kappa shape index (κ2) is 8.55. The van der Waals surface area contributed by atoms with Gasteiger partial charge in [0, 0.05) is 35.5 Å². The van der Waals surface area contributed by atoms with Crippen LogP contribution < -0.4 is 0 Å². The molecule has 0 fully saturated rings. The molecule has 5 heteroatoms. The largest absolute Gasteiger partial charge is 0.478 e. The smallest absolute Gasteiger partial charge is 0.336 e. The van der Waals surface area contributed by atoms with Crippen LogP contribution in [0, 0.1) is 6.92 Å². The molecule has 0 atom stereocenters. The third-order valence-electron chi connectivity index (χ3n) is 3.72. The van der Waals surface area contributed by atoms with Crippen LogP contribution in [0.1, 0.15) is 35.3 Å². The number of benzene rings is 2. The number of rotatable bonds is 6. The van der Waals surface area contributed by atoms with Gasteiger partial charge in [0.05, 0.1) is 5.56 Å². The Kier molecular flexibility index (Phi) is 6.44. The van der Waals surface area contributed by atoms with Crippen LogP contribution >= 0.6 is 11.9 Å². The van der Waals surface area contributed by atoms with E-state index in [-0.39, 0.29) is 5.56 Å². The number of aryl methyl sites for hydroxylation is 1. The van der Waals surface area contributed by atoms with E-state index in [0.717, 1.165) is 18.0 Å². The molecule has 0 heterocycles. The normalized spacial score (nSPS) is 11.4. The molecule has 0 aliphatic rings. The third kappa shape index (κ3) is 4.38. The van der Waals surface area contributed by atoms with Crippen LogP contribution in [0.4, 0.5) is 0 Å². The summed E-state index contributed by atoms with van der Waals surface area (Å²) in [6.45, 7) is 7.65. The first kappa shape index (κ1) is 18.1. The number of hydrogen-bond donors (Lipinski definition) is 1. The molecular weight excluding hydrogens is 320 g/mol. The molecule has 24 heavy (non-hydrogen) atoms. The van der Waals surface area contributed by atoms with Crippen molar-refractivity contribution in [2.24, 2.45) is 4.40 Å². The van der Waals surface area contributed by atoms with E-state index in [1.807, 2.05) is 57.2 Å². The minimum atomic E-state index is -0.939. The molecular formula is C19H22N2O2S. The van der Waals surface area contributed by atoms with Gasteiger partial charge >= 0.3 is 5.97 Å². The van der Waals surface area contributed by atoms with Crippen LogP contribution in [-0.4, -0.2) is 34.9 Å². The van der Waals surface area contributed by atoms with Gasteiger partial charge < -0.3 is 10.0 Å². The molecule has 0 amide bonds. The topological polar surface area (TPSA) is 52.9 Å². The van der Waals surface area contributed by atoms with Crippen LogP contribution in [0.15, 0.2) is 57.8 Å². The Labute approximate surface area is 147 Å². The molecule has 2 aromatic rings. The highest BCUT2D eigenvalue weighted by Crippen LogP contribution is 2.23. The standard InChI is InChI=1S/C19H22N2O2S/c1-4-21(5-2)18(16-8-6-7-9-17(16)19(22)23)20-24-15-12-10-14(3)11-13-15/h6-13H,4-5H2,1-3H3,(H,22,23). The van der Waals surface area contributed by atoms with Crippen molar-refractivity contribution in [1.29, 1.82) is 0 Å². The summed E-state index contributed by atoms with van der Waals surface area (Å²) in [5.41, 5.74) is 2.12. The van der Waals surface area contributed by atoms with Gasteiger partial charge in [-0.05, 0) is 39.0 Å². The zero-order chi connectivity index (χ0) is 17.5. The molecule has 126 valence electrons. The van der Waals surface area contributed by atoms with Crippen molar-refractivity contribution in [3.05, 3.63) is 65.2 Å². The molecule has 0 bridgehead atoms. The number of carboxylic acid groups (broad SMARTS) is 1. The summed E-state index contributed by atoms with van der Waals surface area (Å²) in [7, 11) is 0. The van der Waals surface area contributed by atoms with Gasteiger partial charge in [-0.1, -0.05) is 35.9 Å². The summed E-state index contributed by atoms with van der Waals surface area (Å²) in [6, 6.07) is 15.1. The lowest BCUT2D eigenvalue weighted by atomic mass is 10.1. The summed E-state index contributed by atoms with van der Waals surface area (Å²) < 4.78 is 4.67. The molecule has 0 aromatic heterocycles. The first-order valence-corrected chi connectivity index (χ1v) is 8.73. The van der Waals surface area contributed by atoms with E-state index in [9.17, 15) is 9.90 Å². The van der Waals surface area contributed by atoms with Gasteiger partial charge in [-0.15, -0.1) is 0 Å². The van der Waals surface area contributed by atoms with Gasteiger partial charge in [-0.25, -0.2) is 4.79 Å². The van der Waals surface area contributed by atoms with Crippen LogP contribution in [0.3, 0.4) is 0 Å². The summed E-state index contributed by atoms with van der Waals surface area (Å²) in [6.07, 6.45) is 0. The lowest BCUT2D eigenvalue weighted by Crippen LogP contribution is -2.32. The van der Waals surface area contributed by atoms with Gasteiger partial charge in [0.2, 0.25) is 0 Å². The zero-order valence-corrected chi connectivity index (χ0v) is 15.0. The molecule has 4 nitrogen and oxygen atoms in total. The maximum Gasteiger partial charge on any atom is 0.336 e. The average Bonchev–Trinajstić information content (AvgIpc) is 2.60. The minimum absolute atomic E-state index is 0.271. The van der Waals surface area contributed by atoms with Gasteiger partial charge in [0.1, 0.15) is 5.84 Å². The molecule has 0 saturated carbocycles. The first-order chi connectivity index (χ1) is 11.6. The second-order valence-corrected chi connectivity index (χ2v) is 6.18. The number of carbonyl (C=O) groups is 1. The predicted octanol–water partition coefficient (Wildman–Crippen LogP) is 4.49. The Morgan fingerprint density at radius 1 is 1.04 bits per heavy atom. The molecule has 1 N–H and O–H groups in total. The fraction of sp³-hybridized carbons (Fsp3) is 0.263. The van der Waals surface area contributed by atoms with Crippen molar-refractivity contribution in [2.45, 2.75) is 25.7 Å². The van der Waals surface area contributed by atoms with E-state index >= 15 is 0 Å². The number of amidine groups is 1. The number of nitrogens with zero attached hydrogens (tertiary/aromatic N) is 2. The van der Waals surface area contributed by atoms with E-state index in [1.165, 1.54) is 17.5 Å². The summed E-state index contributed by atoms with van der Waals surface area (Å²) in [5.74, 6) is -0.241. The van der Waals surface area contributed by atoms with E-state index in [2.05, 4.69) is 9.30 Å². The van der Waals surface area contributed by atoms with E-state index in [1.54, 1.807) is 12.1 Å². The predicted molar refractivity (Wildman–Crippen MR) is 99.9 cm³/mol. The molecule has 0 radical (unpaired) electrons. The van der Waals surface area contributed by atoms with Crippen molar-refractivity contribution < 1.29 is 9.90 Å². The fourth-order valence-electron chi connectivity index (χ4n) is 2.36. The van der Waals surface area contributed by atoms with Crippen LogP contribution in [0.25, 0.3) is 0 Å². The van der Waals surface area contributed by atoms with Crippen molar-refractivity contribution in [2.75, 3.05) is 13.1 Å². The summed E-state index contributed by atoms with van der Waals surface area (Å²) in [5, 5.41) is 9.48. The molecule has 0 unspecified atom stereocenters. The van der Waals surface area contributed by atoms with Crippen molar-refractivity contribution >= 4 is 23.8 Å². The van der Waals surface area contributed by atoms with Crippen molar-refractivity contribution in [3.63, 3.8) is 0 Å². The molecule has 0 aliphatic carbocycles. The highest BCUT2D eigenvalue weighted by molar-refractivity contribution is 7.98. The quantitative estimate of drug-likeness (QED) is 0.477. The average molecular weight is 342 g/mol. The number of aromatic carboxylic acids is 1. The van der Waals surface area contributed by atoms with Gasteiger partial charge in [-0.2, -0.15) is 4.40 Å². The van der Waals surface area contributed by atoms with Crippen LogP contribution in [0.2, 0.25) is 0 Å². The lowest BCUT2D eigenvalue weighted by Gasteiger charge is -2.24. The Balaban J connectivity index is 2.43. The zero-order valence-electron chi connectivity index (χ0n) is 14.2. The van der Waals surface area contributed by atoms with Crippen molar-refractivity contribution in [3.8, 4) is 0 Å². The number of carboxylic acids is 1. The number of hydrogen-bond acceptors (Lipinski definition) is 3. The van der Waals surface area contributed by atoms with Gasteiger partial charge in [0.25, 0.3) is 0 Å². The molecule has 0 aliphatic heterocycles. The second-order valence-electron chi connectivity index (χ2n) is 5.34. The van der Waals surface area contributed by atoms with Gasteiger partial charge in [0.15, 0.2) is 0 Å². The SMILES string of the molecule is CCN(CC)C(=NSc1ccc(C)cc1)c1ccccc1C(=O)O. The molecule has 0 spiro atoms. The highest BCUT2D eigenvalue weighted by atomic mass is 32.2. The van der Waals surface area contributed by atoms with Crippen LogP contribution in [0.5, 0.6) is 0 Å². The Morgan fingerprint density at radius 2 is 1.62 bits per heavy atom. The van der Waals surface area contributed by atoms with Gasteiger partial charge in [-0.3, -0.25) is 0 Å². The summed E-state index contributed by atoms with van der Waals surface area (Å²) in [4.78, 5) is 14.7. The van der Waals surface area contributed by atoms with Crippen LogP contribution in [-0.2, 0) is 0 Å². The molecule has 0 saturated heterocycles. The maximum atomic E-state index is 11.6. The molecule has 2 rings (SSSR count). The monoisotopic (exact) mass is 342 g/mol. The minimum Gasteiger partial charge on any atom is -0.478 e. The highest BCUT2D eigenvalue weighted by Gasteiger charge is 2.18. The Hall–Kier alpha value is -2.27. The first-order valence-electron chi connectivity index (χ1n) is 7.96. The Bertz CT molecular complexity index is 722. The Morgan fingerprint density at radius 3 is 2.17 bits per heavy atom. The van der Waals surface area contributed by atoms with Crippen molar-refractivity contribution in [1.82, 2.24) is 4.90 Å².